The lowest BCUT2D eigenvalue weighted by atomic mass is 10.1. The van der Waals surface area contributed by atoms with Gasteiger partial charge in [-0.1, -0.05) is 30.3 Å². The van der Waals surface area contributed by atoms with E-state index in [1.807, 2.05) is 12.1 Å². The molecule has 70 valence electrons. The van der Waals surface area contributed by atoms with Crippen LogP contribution < -0.4 is 0 Å². The summed E-state index contributed by atoms with van der Waals surface area (Å²) in [5, 5.41) is 17.9. The molecule has 0 aliphatic heterocycles. The Bertz CT molecular complexity index is 455. The molecule has 0 unspecified atom stereocenters. The highest BCUT2D eigenvalue weighted by molar-refractivity contribution is 6.01. The molecule has 0 spiro atoms. The van der Waals surface area contributed by atoms with Gasteiger partial charge in [-0.05, 0) is 17.2 Å². The molecule has 0 amide bonds. The van der Waals surface area contributed by atoms with E-state index in [1.54, 1.807) is 24.3 Å². The number of hydrogen-bond donors (Lipinski definition) is 2. The van der Waals surface area contributed by atoms with Gasteiger partial charge in [0.15, 0.2) is 0 Å². The largest absolute Gasteiger partial charge is 0.501 e. The van der Waals surface area contributed by atoms with Crippen molar-refractivity contribution in [1.29, 1.82) is 0 Å². The number of carboxylic acid groups (broad SMARTS) is 1. The lowest BCUT2D eigenvalue weighted by Crippen LogP contribution is -2.01. The Morgan fingerprint density at radius 2 is 1.79 bits per heavy atom. The molecule has 2 N–H and O–H groups in total. The van der Waals surface area contributed by atoms with Gasteiger partial charge in [0, 0.05) is 5.57 Å². The van der Waals surface area contributed by atoms with Gasteiger partial charge in [0.25, 0.3) is 0 Å². The highest BCUT2D eigenvalue weighted by Crippen LogP contribution is 2.30. The molecule has 0 atom stereocenters. The number of hydrogen-bond acceptors (Lipinski definition) is 2. The third kappa shape index (κ3) is 1.19. The second-order valence-corrected chi connectivity index (χ2v) is 2.99. The van der Waals surface area contributed by atoms with Crippen LogP contribution in [-0.4, -0.2) is 16.2 Å². The maximum absolute atomic E-state index is 10.6. The average Bonchev–Trinajstić information content (AvgIpc) is 2.60. The first-order valence-corrected chi connectivity index (χ1v) is 4.14. The molecule has 3 heteroatoms. The van der Waals surface area contributed by atoms with Gasteiger partial charge in [-0.25, -0.2) is 4.79 Å². The van der Waals surface area contributed by atoms with Crippen LogP contribution in [0.4, 0.5) is 0 Å². The molecule has 2 rings (SSSR count). The zero-order valence-electron chi connectivity index (χ0n) is 7.27. The number of allylic oxidation sites excluding steroid dienone is 2. The maximum atomic E-state index is 10.6. The normalized spacial score (nSPS) is 16.6. The van der Waals surface area contributed by atoms with Crippen molar-refractivity contribution in [2.24, 2.45) is 0 Å². The van der Waals surface area contributed by atoms with Gasteiger partial charge in [-0.3, -0.25) is 0 Å². The number of rotatable bonds is 1. The number of carbonyl (C=O) groups is 1. The predicted molar refractivity (Wildman–Crippen MR) is 52.7 cm³/mol. The Morgan fingerprint density at radius 3 is 2.50 bits per heavy atom. The molecule has 3 nitrogen and oxygen atoms in total. The number of aliphatic hydroxyl groups excluding tert-OH is 1. The van der Waals surface area contributed by atoms with Crippen LogP contribution in [0.2, 0.25) is 0 Å². The minimum atomic E-state index is -1.30. The zero-order chi connectivity index (χ0) is 10.1. The molecule has 1 aromatic rings. The van der Waals surface area contributed by atoms with Crippen LogP contribution in [0.5, 0.6) is 0 Å². The van der Waals surface area contributed by atoms with Crippen LogP contribution in [0.15, 0.2) is 36.1 Å². The van der Waals surface area contributed by atoms with Crippen LogP contribution in [0, 0.1) is 0 Å². The summed E-state index contributed by atoms with van der Waals surface area (Å²) in [6.07, 6.45) is 3.39. The van der Waals surface area contributed by atoms with Crippen molar-refractivity contribution in [3.8, 4) is 0 Å². The molecular weight excluding hydrogens is 180 g/mol. The summed E-state index contributed by atoms with van der Waals surface area (Å²) >= 11 is 0. The molecule has 0 heterocycles. The molecule has 0 bridgehead atoms. The molecule has 1 aliphatic carbocycles. The molecular formula is C11H8O3. The SMILES string of the molecule is O=C(O)/C(O)=C1\C=Cc2ccccc21. The summed E-state index contributed by atoms with van der Waals surface area (Å²) in [4.78, 5) is 10.6. The first-order chi connectivity index (χ1) is 6.70. The monoisotopic (exact) mass is 188 g/mol. The summed E-state index contributed by atoms with van der Waals surface area (Å²) in [6, 6.07) is 7.32. The van der Waals surface area contributed by atoms with E-state index in [0.717, 1.165) is 11.1 Å². The average molecular weight is 188 g/mol. The van der Waals surface area contributed by atoms with E-state index < -0.39 is 11.7 Å². The lowest BCUT2D eigenvalue weighted by Gasteiger charge is -2.01. The quantitative estimate of drug-likeness (QED) is 0.524. The van der Waals surface area contributed by atoms with Gasteiger partial charge >= 0.3 is 5.97 Å². The van der Waals surface area contributed by atoms with Crippen LogP contribution in [-0.2, 0) is 4.79 Å². The molecule has 1 aliphatic rings. The van der Waals surface area contributed by atoms with Crippen molar-refractivity contribution in [3.05, 3.63) is 47.2 Å². The van der Waals surface area contributed by atoms with Gasteiger partial charge in [0.1, 0.15) is 0 Å². The van der Waals surface area contributed by atoms with Gasteiger partial charge in [0.05, 0.1) is 0 Å². The van der Waals surface area contributed by atoms with Crippen molar-refractivity contribution < 1.29 is 15.0 Å². The molecule has 0 saturated heterocycles. The topological polar surface area (TPSA) is 57.5 Å². The molecule has 0 radical (unpaired) electrons. The minimum Gasteiger partial charge on any atom is -0.501 e. The Balaban J connectivity index is 2.60. The van der Waals surface area contributed by atoms with E-state index in [-0.39, 0.29) is 0 Å². The van der Waals surface area contributed by atoms with E-state index in [0.29, 0.717) is 5.57 Å². The van der Waals surface area contributed by atoms with Crippen molar-refractivity contribution in [1.82, 2.24) is 0 Å². The van der Waals surface area contributed by atoms with E-state index in [1.165, 1.54) is 0 Å². The summed E-state index contributed by atoms with van der Waals surface area (Å²) in [5.74, 6) is -1.91. The van der Waals surface area contributed by atoms with Crippen molar-refractivity contribution in [2.45, 2.75) is 0 Å². The fraction of sp³-hybridized carbons (Fsp3) is 0. The van der Waals surface area contributed by atoms with Crippen LogP contribution in [0.1, 0.15) is 11.1 Å². The highest BCUT2D eigenvalue weighted by atomic mass is 16.4. The summed E-state index contributed by atoms with van der Waals surface area (Å²) in [5.41, 5.74) is 2.05. The number of carboxylic acids is 1. The van der Waals surface area contributed by atoms with Crippen molar-refractivity contribution in [3.63, 3.8) is 0 Å². The minimum absolute atomic E-state index is 0.369. The number of aliphatic carboxylic acids is 1. The smallest absolute Gasteiger partial charge is 0.371 e. The zero-order valence-corrected chi connectivity index (χ0v) is 7.27. The van der Waals surface area contributed by atoms with Crippen LogP contribution in [0.3, 0.4) is 0 Å². The van der Waals surface area contributed by atoms with E-state index in [9.17, 15) is 9.90 Å². The summed E-state index contributed by atoms with van der Waals surface area (Å²) < 4.78 is 0. The summed E-state index contributed by atoms with van der Waals surface area (Å²) in [7, 11) is 0. The Hall–Kier alpha value is -2.03. The van der Waals surface area contributed by atoms with Gasteiger partial charge in [0.2, 0.25) is 5.76 Å². The van der Waals surface area contributed by atoms with Gasteiger partial charge in [-0.15, -0.1) is 0 Å². The number of benzene rings is 1. The lowest BCUT2D eigenvalue weighted by molar-refractivity contribution is -0.135. The van der Waals surface area contributed by atoms with Gasteiger partial charge in [-0.2, -0.15) is 0 Å². The van der Waals surface area contributed by atoms with E-state index in [2.05, 4.69) is 0 Å². The highest BCUT2D eigenvalue weighted by Gasteiger charge is 2.17. The number of aliphatic hydroxyl groups is 1. The van der Waals surface area contributed by atoms with Crippen LogP contribution >= 0.6 is 0 Å². The predicted octanol–water partition coefficient (Wildman–Crippen LogP) is 2.07. The first kappa shape index (κ1) is 8.56. The second-order valence-electron chi connectivity index (χ2n) is 2.99. The molecule has 14 heavy (non-hydrogen) atoms. The second kappa shape index (κ2) is 3.03. The maximum Gasteiger partial charge on any atom is 0.371 e. The summed E-state index contributed by atoms with van der Waals surface area (Å²) in [6.45, 7) is 0. The Kier molecular flexibility index (Phi) is 1.85. The Morgan fingerprint density at radius 1 is 1.07 bits per heavy atom. The molecule has 0 saturated carbocycles. The van der Waals surface area contributed by atoms with E-state index >= 15 is 0 Å². The molecule has 0 aromatic heterocycles. The fourth-order valence-electron chi connectivity index (χ4n) is 1.47. The Labute approximate surface area is 80.6 Å². The van der Waals surface area contributed by atoms with Crippen molar-refractivity contribution in [2.75, 3.05) is 0 Å². The van der Waals surface area contributed by atoms with Crippen LogP contribution in [0.25, 0.3) is 11.6 Å². The van der Waals surface area contributed by atoms with Gasteiger partial charge < -0.3 is 10.2 Å². The third-order valence-corrected chi connectivity index (χ3v) is 2.14. The standard InChI is InChI=1S/C11H8O3/c12-10(11(13)14)9-6-5-7-3-1-2-4-8(7)9/h1-6,12H,(H,13,14)/b10-9-. The van der Waals surface area contributed by atoms with Crippen molar-refractivity contribution >= 4 is 17.6 Å². The van der Waals surface area contributed by atoms with E-state index in [4.69, 9.17) is 5.11 Å². The first-order valence-electron chi connectivity index (χ1n) is 4.14. The molecule has 0 fully saturated rings. The fourth-order valence-corrected chi connectivity index (χ4v) is 1.47. The number of fused-ring (bicyclic) bond motifs is 1. The molecule has 1 aromatic carbocycles. The third-order valence-electron chi connectivity index (χ3n) is 2.14.